The van der Waals surface area contributed by atoms with Gasteiger partial charge in [-0.25, -0.2) is 9.37 Å². The first-order valence-electron chi connectivity index (χ1n) is 13.5. The van der Waals surface area contributed by atoms with Crippen LogP contribution < -0.4 is 20.5 Å². The van der Waals surface area contributed by atoms with Crippen LogP contribution in [0.5, 0.6) is 11.5 Å². The molecule has 2 amide bonds. The van der Waals surface area contributed by atoms with Gasteiger partial charge in [-0.2, -0.15) is 0 Å². The van der Waals surface area contributed by atoms with Crippen LogP contribution in [0.4, 0.5) is 4.39 Å². The van der Waals surface area contributed by atoms with Crippen LogP contribution in [-0.2, 0) is 16.8 Å². The maximum Gasteiger partial charge on any atom is 0.251 e. The van der Waals surface area contributed by atoms with Gasteiger partial charge in [-0.1, -0.05) is 0 Å². The smallest absolute Gasteiger partial charge is 0.251 e. The number of hydrogen-bond acceptors (Lipinski definition) is 7. The van der Waals surface area contributed by atoms with E-state index in [-0.39, 0.29) is 31.2 Å². The fraction of sp³-hybridized carbons (Fsp3) is 0.290. The Hall–Kier alpha value is -4.09. The minimum atomic E-state index is -1.56. The first-order valence-corrected chi connectivity index (χ1v) is 14.3. The zero-order chi connectivity index (χ0) is 30.0. The molecule has 0 saturated heterocycles. The molecule has 2 aromatic carbocycles. The van der Waals surface area contributed by atoms with E-state index in [1.165, 1.54) is 19.2 Å². The molecule has 4 aromatic rings. The number of nitrogens with two attached hydrogens (primary N) is 1. The van der Waals surface area contributed by atoms with E-state index < -0.39 is 23.2 Å². The number of ether oxygens (including phenoxy) is 2. The summed E-state index contributed by atoms with van der Waals surface area (Å²) in [6.45, 7) is 1.93. The van der Waals surface area contributed by atoms with Gasteiger partial charge in [0.1, 0.15) is 34.1 Å². The Bertz CT molecular complexity index is 1660. The lowest BCUT2D eigenvalue weighted by atomic mass is 9.90. The summed E-state index contributed by atoms with van der Waals surface area (Å²) in [5.41, 5.74) is 6.52. The molecule has 2 heterocycles. The number of rotatable bonds is 11. The highest BCUT2D eigenvalue weighted by Crippen LogP contribution is 2.47. The SMILES string of the molecule is CCOc1c(CC(N)=O)cc([C@@](O)(CNC(=O)c2cc(OC)c3ncc(Br)cc3c2)C2CC2)nc1-c1ccc(F)cc1. The molecule has 1 atom stereocenters. The van der Waals surface area contributed by atoms with E-state index >= 15 is 0 Å². The van der Waals surface area contributed by atoms with Crippen LogP contribution in [0.3, 0.4) is 0 Å². The highest BCUT2D eigenvalue weighted by Gasteiger charge is 2.47. The first kappa shape index (κ1) is 29.4. The van der Waals surface area contributed by atoms with Gasteiger partial charge < -0.3 is 25.6 Å². The zero-order valence-corrected chi connectivity index (χ0v) is 24.7. The van der Waals surface area contributed by atoms with Crippen LogP contribution in [0.25, 0.3) is 22.2 Å². The van der Waals surface area contributed by atoms with Crippen LogP contribution in [0, 0.1) is 11.7 Å². The number of carbonyl (C=O) groups is 2. The molecule has 11 heteroatoms. The summed E-state index contributed by atoms with van der Waals surface area (Å²) in [5.74, 6) is -0.843. The maximum atomic E-state index is 13.7. The van der Waals surface area contributed by atoms with E-state index in [2.05, 4.69) is 26.2 Å². The lowest BCUT2D eigenvalue weighted by Crippen LogP contribution is -2.43. The number of aromatic nitrogens is 2. The molecule has 0 bridgehead atoms. The van der Waals surface area contributed by atoms with Gasteiger partial charge in [0.15, 0.2) is 0 Å². The Labute approximate surface area is 250 Å². The molecule has 218 valence electrons. The number of halogens is 2. The number of nitrogens with zero attached hydrogens (tertiary/aromatic N) is 2. The monoisotopic (exact) mass is 636 g/mol. The molecule has 1 aliphatic rings. The van der Waals surface area contributed by atoms with Crippen molar-refractivity contribution in [3.63, 3.8) is 0 Å². The van der Waals surface area contributed by atoms with Crippen molar-refractivity contribution in [2.45, 2.75) is 31.8 Å². The van der Waals surface area contributed by atoms with Crippen molar-refractivity contribution in [3.05, 3.63) is 81.8 Å². The van der Waals surface area contributed by atoms with Crippen molar-refractivity contribution in [1.82, 2.24) is 15.3 Å². The molecule has 1 aliphatic carbocycles. The summed E-state index contributed by atoms with van der Waals surface area (Å²) in [4.78, 5) is 34.6. The molecule has 1 fully saturated rings. The second-order valence-electron chi connectivity index (χ2n) is 10.2. The Morgan fingerprint density at radius 1 is 1.19 bits per heavy atom. The Morgan fingerprint density at radius 3 is 2.57 bits per heavy atom. The normalized spacial score (nSPS) is 14.3. The number of amides is 2. The second-order valence-corrected chi connectivity index (χ2v) is 11.1. The number of pyridine rings is 2. The van der Waals surface area contributed by atoms with E-state index in [1.54, 1.807) is 43.5 Å². The van der Waals surface area contributed by atoms with Crippen molar-refractivity contribution in [2.75, 3.05) is 20.3 Å². The Kier molecular flexibility index (Phi) is 8.42. The van der Waals surface area contributed by atoms with Crippen LogP contribution in [0.2, 0.25) is 0 Å². The predicted octanol–water partition coefficient (Wildman–Crippen LogP) is 4.66. The average Bonchev–Trinajstić information content (AvgIpc) is 3.82. The standard InChI is InChI=1S/C31H30BrFN4O5/c1-3-42-29-19(14-26(34)38)13-25(37-28(29)17-4-8-23(33)9-5-17)31(40,21-6-7-21)16-36-30(39)20-10-18-11-22(32)15-35-27(18)24(12-20)41-2/h4-5,8-13,15,21,40H,3,6-7,14,16H2,1-2H3,(H2,34,38)(H,36,39)/t31-/m1/s1. The summed E-state index contributed by atoms with van der Waals surface area (Å²) in [7, 11) is 1.51. The molecule has 42 heavy (non-hydrogen) atoms. The Balaban J connectivity index is 1.53. The van der Waals surface area contributed by atoms with Gasteiger partial charge in [-0.3, -0.25) is 14.6 Å². The minimum Gasteiger partial charge on any atom is -0.494 e. The van der Waals surface area contributed by atoms with Gasteiger partial charge in [0.2, 0.25) is 5.91 Å². The highest BCUT2D eigenvalue weighted by molar-refractivity contribution is 9.10. The van der Waals surface area contributed by atoms with Gasteiger partial charge in [0.05, 0.1) is 32.4 Å². The van der Waals surface area contributed by atoms with E-state index in [1.807, 2.05) is 6.07 Å². The molecular formula is C31H30BrFN4O5. The molecule has 0 spiro atoms. The van der Waals surface area contributed by atoms with E-state index in [0.717, 1.165) is 17.3 Å². The van der Waals surface area contributed by atoms with E-state index in [0.29, 0.717) is 44.8 Å². The van der Waals surface area contributed by atoms with Crippen LogP contribution >= 0.6 is 15.9 Å². The predicted molar refractivity (Wildman–Crippen MR) is 159 cm³/mol. The van der Waals surface area contributed by atoms with Gasteiger partial charge >= 0.3 is 0 Å². The van der Waals surface area contributed by atoms with Crippen LogP contribution in [0.1, 0.15) is 41.4 Å². The molecule has 0 radical (unpaired) electrons. The number of fused-ring (bicyclic) bond motifs is 1. The number of primary amides is 1. The number of carbonyl (C=O) groups excluding carboxylic acids is 2. The van der Waals surface area contributed by atoms with E-state index in [9.17, 15) is 19.1 Å². The molecule has 1 saturated carbocycles. The minimum absolute atomic E-state index is 0.145. The van der Waals surface area contributed by atoms with Gasteiger partial charge in [0.25, 0.3) is 5.91 Å². The summed E-state index contributed by atoms with van der Waals surface area (Å²) in [6.07, 6.45) is 2.94. The number of methoxy groups -OCH3 is 1. The second kappa shape index (κ2) is 12.0. The maximum absolute atomic E-state index is 13.7. The summed E-state index contributed by atoms with van der Waals surface area (Å²) in [5, 5.41) is 15.7. The van der Waals surface area contributed by atoms with Gasteiger partial charge in [-0.05, 0) is 90.1 Å². The summed E-state index contributed by atoms with van der Waals surface area (Å²) >= 11 is 3.41. The number of nitrogens with one attached hydrogen (secondary N) is 1. The molecule has 5 rings (SSSR count). The zero-order valence-electron chi connectivity index (χ0n) is 23.1. The van der Waals surface area contributed by atoms with Crippen molar-refractivity contribution >= 4 is 38.6 Å². The van der Waals surface area contributed by atoms with Crippen LogP contribution in [-0.4, -0.2) is 47.2 Å². The topological polar surface area (TPSA) is 137 Å². The van der Waals surface area contributed by atoms with Crippen LogP contribution in [0.15, 0.2) is 59.2 Å². The fourth-order valence-corrected chi connectivity index (χ4v) is 5.38. The van der Waals surface area contributed by atoms with E-state index in [4.69, 9.17) is 20.2 Å². The molecule has 4 N–H and O–H groups in total. The summed E-state index contributed by atoms with van der Waals surface area (Å²) in [6, 6.07) is 12.4. The number of hydrogen-bond donors (Lipinski definition) is 3. The highest BCUT2D eigenvalue weighted by atomic mass is 79.9. The lowest BCUT2D eigenvalue weighted by Gasteiger charge is -2.30. The van der Waals surface area contributed by atoms with Gasteiger partial charge in [-0.15, -0.1) is 0 Å². The third-order valence-electron chi connectivity index (χ3n) is 7.23. The van der Waals surface area contributed by atoms with Crippen molar-refractivity contribution in [3.8, 4) is 22.8 Å². The number of benzene rings is 2. The summed E-state index contributed by atoms with van der Waals surface area (Å²) < 4.78 is 25.9. The lowest BCUT2D eigenvalue weighted by molar-refractivity contribution is -0.117. The van der Waals surface area contributed by atoms with Crippen molar-refractivity contribution < 1.29 is 28.6 Å². The molecule has 0 unspecified atom stereocenters. The van der Waals surface area contributed by atoms with Crippen molar-refractivity contribution in [2.24, 2.45) is 11.7 Å². The Morgan fingerprint density at radius 2 is 1.93 bits per heavy atom. The molecule has 9 nitrogen and oxygen atoms in total. The third-order valence-corrected chi connectivity index (χ3v) is 7.67. The average molecular weight is 638 g/mol. The number of aliphatic hydroxyl groups is 1. The van der Waals surface area contributed by atoms with Crippen molar-refractivity contribution in [1.29, 1.82) is 0 Å². The molecule has 0 aliphatic heterocycles. The quantitative estimate of drug-likeness (QED) is 0.218. The third kappa shape index (κ3) is 6.07. The van der Waals surface area contributed by atoms with Gasteiger partial charge in [0, 0.05) is 32.7 Å². The molecule has 2 aromatic heterocycles. The first-order chi connectivity index (χ1) is 20.1. The fourth-order valence-electron chi connectivity index (χ4n) is 5.03. The molecular weight excluding hydrogens is 607 g/mol. The largest absolute Gasteiger partial charge is 0.494 e.